The SMILES string of the molecule is Cc1csc2c(=O)n3c(nc12)CCN(Cc1cc(F)cc(F)c1)CC3. The second-order valence-corrected chi connectivity index (χ2v) is 7.26. The second kappa shape index (κ2) is 6.31. The largest absolute Gasteiger partial charge is 0.297 e. The molecular weight excluding hydrogens is 344 g/mol. The summed E-state index contributed by atoms with van der Waals surface area (Å²) in [5, 5.41) is 1.96. The minimum Gasteiger partial charge on any atom is -0.297 e. The van der Waals surface area contributed by atoms with Crippen molar-refractivity contribution in [1.29, 1.82) is 0 Å². The lowest BCUT2D eigenvalue weighted by Crippen LogP contribution is -2.28. The molecular formula is C18H17F2N3OS. The summed E-state index contributed by atoms with van der Waals surface area (Å²) < 4.78 is 29.2. The van der Waals surface area contributed by atoms with E-state index in [9.17, 15) is 13.6 Å². The lowest BCUT2D eigenvalue weighted by molar-refractivity contribution is 0.270. The van der Waals surface area contributed by atoms with E-state index in [1.807, 2.05) is 12.3 Å². The molecule has 0 aliphatic carbocycles. The first-order valence-electron chi connectivity index (χ1n) is 8.16. The Morgan fingerprint density at radius 2 is 1.92 bits per heavy atom. The maximum absolute atomic E-state index is 13.4. The molecule has 1 aliphatic heterocycles. The quantitative estimate of drug-likeness (QED) is 0.704. The molecule has 3 heterocycles. The fourth-order valence-corrected chi connectivity index (χ4v) is 4.24. The van der Waals surface area contributed by atoms with E-state index in [-0.39, 0.29) is 5.56 Å². The minimum atomic E-state index is -0.568. The third kappa shape index (κ3) is 3.09. The van der Waals surface area contributed by atoms with Crippen molar-refractivity contribution in [2.45, 2.75) is 26.4 Å². The summed E-state index contributed by atoms with van der Waals surface area (Å²) in [7, 11) is 0. The Morgan fingerprint density at radius 3 is 2.68 bits per heavy atom. The van der Waals surface area contributed by atoms with Crippen molar-refractivity contribution in [2.24, 2.45) is 0 Å². The van der Waals surface area contributed by atoms with E-state index >= 15 is 0 Å². The molecule has 7 heteroatoms. The number of fused-ring (bicyclic) bond motifs is 2. The van der Waals surface area contributed by atoms with Crippen molar-refractivity contribution in [2.75, 3.05) is 13.1 Å². The van der Waals surface area contributed by atoms with E-state index in [4.69, 9.17) is 4.98 Å². The van der Waals surface area contributed by atoms with Crippen LogP contribution in [0, 0.1) is 18.6 Å². The van der Waals surface area contributed by atoms with Gasteiger partial charge in [-0.1, -0.05) is 0 Å². The van der Waals surface area contributed by atoms with E-state index in [1.54, 1.807) is 4.57 Å². The van der Waals surface area contributed by atoms with Gasteiger partial charge in [-0.25, -0.2) is 13.8 Å². The van der Waals surface area contributed by atoms with Crippen LogP contribution in [-0.2, 0) is 19.5 Å². The fraction of sp³-hybridized carbons (Fsp3) is 0.333. The average Bonchev–Trinajstić information content (AvgIpc) is 2.79. The van der Waals surface area contributed by atoms with Crippen LogP contribution in [0.3, 0.4) is 0 Å². The molecule has 0 spiro atoms. The van der Waals surface area contributed by atoms with Gasteiger partial charge in [0.05, 0.1) is 5.52 Å². The third-order valence-electron chi connectivity index (χ3n) is 4.55. The summed E-state index contributed by atoms with van der Waals surface area (Å²) in [6.07, 6.45) is 0.637. The summed E-state index contributed by atoms with van der Waals surface area (Å²) >= 11 is 1.43. The first-order valence-corrected chi connectivity index (χ1v) is 9.04. The molecule has 0 N–H and O–H groups in total. The zero-order chi connectivity index (χ0) is 17.6. The lowest BCUT2D eigenvalue weighted by Gasteiger charge is -2.19. The average molecular weight is 361 g/mol. The molecule has 0 fully saturated rings. The van der Waals surface area contributed by atoms with Gasteiger partial charge in [-0.05, 0) is 35.6 Å². The van der Waals surface area contributed by atoms with Gasteiger partial charge in [0.1, 0.15) is 22.2 Å². The molecule has 1 aromatic carbocycles. The fourth-order valence-electron chi connectivity index (χ4n) is 3.31. The van der Waals surface area contributed by atoms with Gasteiger partial charge in [0, 0.05) is 38.7 Å². The highest BCUT2D eigenvalue weighted by Gasteiger charge is 2.19. The Kier molecular flexibility index (Phi) is 4.13. The zero-order valence-electron chi connectivity index (χ0n) is 13.8. The van der Waals surface area contributed by atoms with Crippen molar-refractivity contribution in [1.82, 2.24) is 14.5 Å². The molecule has 25 heavy (non-hydrogen) atoms. The molecule has 4 nitrogen and oxygen atoms in total. The van der Waals surface area contributed by atoms with E-state index in [1.165, 1.54) is 23.5 Å². The normalized spacial score (nSPS) is 15.3. The molecule has 0 bridgehead atoms. The standard InChI is InChI=1S/C18H17F2N3OS/c1-11-10-25-17-16(11)21-15-2-3-22(4-5-23(15)18(17)24)9-12-6-13(19)8-14(20)7-12/h6-8,10H,2-5,9H2,1H3. The monoisotopic (exact) mass is 361 g/mol. The smallest absolute Gasteiger partial charge is 0.271 e. The summed E-state index contributed by atoms with van der Waals surface area (Å²) in [6, 6.07) is 3.58. The summed E-state index contributed by atoms with van der Waals surface area (Å²) in [6.45, 7) is 4.28. The zero-order valence-corrected chi connectivity index (χ0v) is 14.6. The van der Waals surface area contributed by atoms with E-state index < -0.39 is 11.6 Å². The number of benzene rings is 1. The van der Waals surface area contributed by atoms with Crippen LogP contribution in [0.25, 0.3) is 10.2 Å². The maximum Gasteiger partial charge on any atom is 0.271 e. The van der Waals surface area contributed by atoms with Crippen molar-refractivity contribution < 1.29 is 8.78 Å². The van der Waals surface area contributed by atoms with Crippen LogP contribution in [0.4, 0.5) is 8.78 Å². The van der Waals surface area contributed by atoms with Gasteiger partial charge in [-0.3, -0.25) is 14.3 Å². The maximum atomic E-state index is 13.4. The summed E-state index contributed by atoms with van der Waals surface area (Å²) in [4.78, 5) is 19.5. The molecule has 0 atom stereocenters. The minimum absolute atomic E-state index is 0.0109. The van der Waals surface area contributed by atoms with Gasteiger partial charge in [0.15, 0.2) is 0 Å². The Labute approximate surface area is 147 Å². The Morgan fingerprint density at radius 1 is 1.16 bits per heavy atom. The van der Waals surface area contributed by atoms with Gasteiger partial charge in [0.2, 0.25) is 0 Å². The summed E-state index contributed by atoms with van der Waals surface area (Å²) in [5.41, 5.74) is 2.43. The lowest BCUT2D eigenvalue weighted by atomic mass is 10.2. The number of rotatable bonds is 2. The van der Waals surface area contributed by atoms with Crippen LogP contribution in [0.15, 0.2) is 28.4 Å². The van der Waals surface area contributed by atoms with Gasteiger partial charge < -0.3 is 0 Å². The van der Waals surface area contributed by atoms with Crippen LogP contribution in [-0.4, -0.2) is 27.5 Å². The predicted molar refractivity (Wildman–Crippen MR) is 94.0 cm³/mol. The van der Waals surface area contributed by atoms with Crippen molar-refractivity contribution in [3.8, 4) is 0 Å². The van der Waals surface area contributed by atoms with E-state index in [2.05, 4.69) is 4.90 Å². The molecule has 0 unspecified atom stereocenters. The van der Waals surface area contributed by atoms with Crippen molar-refractivity contribution >= 4 is 21.6 Å². The number of hydrogen-bond donors (Lipinski definition) is 0. The van der Waals surface area contributed by atoms with E-state index in [0.29, 0.717) is 42.9 Å². The highest BCUT2D eigenvalue weighted by molar-refractivity contribution is 7.17. The third-order valence-corrected chi connectivity index (χ3v) is 5.63. The topological polar surface area (TPSA) is 38.1 Å². The number of thiophene rings is 1. The first kappa shape index (κ1) is 16.4. The Bertz CT molecular complexity index is 991. The van der Waals surface area contributed by atoms with Crippen molar-refractivity contribution in [3.63, 3.8) is 0 Å². The molecule has 0 saturated heterocycles. The van der Waals surface area contributed by atoms with Gasteiger partial charge in [-0.15, -0.1) is 11.3 Å². The second-order valence-electron chi connectivity index (χ2n) is 6.39. The number of halogens is 2. The van der Waals surface area contributed by atoms with Crippen LogP contribution in [0.5, 0.6) is 0 Å². The molecule has 2 aromatic heterocycles. The van der Waals surface area contributed by atoms with Gasteiger partial charge >= 0.3 is 0 Å². The molecule has 0 amide bonds. The molecule has 0 saturated carbocycles. The molecule has 130 valence electrons. The predicted octanol–water partition coefficient (Wildman–Crippen LogP) is 3.10. The van der Waals surface area contributed by atoms with E-state index in [0.717, 1.165) is 23.0 Å². The summed E-state index contributed by atoms with van der Waals surface area (Å²) in [5.74, 6) is -0.352. The molecule has 1 aliphatic rings. The van der Waals surface area contributed by atoms with Crippen LogP contribution < -0.4 is 5.56 Å². The van der Waals surface area contributed by atoms with Crippen LogP contribution in [0.1, 0.15) is 17.0 Å². The highest BCUT2D eigenvalue weighted by Crippen LogP contribution is 2.22. The molecule has 0 radical (unpaired) electrons. The van der Waals surface area contributed by atoms with Gasteiger partial charge in [-0.2, -0.15) is 0 Å². The molecule has 3 aromatic rings. The molecule has 4 rings (SSSR count). The number of aryl methyl sites for hydroxylation is 1. The van der Waals surface area contributed by atoms with Gasteiger partial charge in [0.25, 0.3) is 5.56 Å². The number of aromatic nitrogens is 2. The number of nitrogens with zero attached hydrogens (tertiary/aromatic N) is 3. The van der Waals surface area contributed by atoms with Crippen molar-refractivity contribution in [3.05, 3.63) is 62.5 Å². The van der Waals surface area contributed by atoms with Crippen LogP contribution >= 0.6 is 11.3 Å². The Balaban J connectivity index is 1.60. The first-order chi connectivity index (χ1) is 12.0. The highest BCUT2D eigenvalue weighted by atomic mass is 32.1. The Hall–Kier alpha value is -2.12. The number of hydrogen-bond acceptors (Lipinski definition) is 4. The van der Waals surface area contributed by atoms with Crippen LogP contribution in [0.2, 0.25) is 0 Å².